The van der Waals surface area contributed by atoms with E-state index in [1.807, 2.05) is 0 Å². The molecule has 0 radical (unpaired) electrons. The van der Waals surface area contributed by atoms with Crippen molar-refractivity contribution in [1.29, 1.82) is 0 Å². The maximum Gasteiger partial charge on any atom is 0.206 e. The van der Waals surface area contributed by atoms with Gasteiger partial charge in [0.05, 0.1) is 0 Å². The number of hydrogen-bond donors (Lipinski definition) is 2. The Morgan fingerprint density at radius 3 is 3.00 bits per heavy atom. The summed E-state index contributed by atoms with van der Waals surface area (Å²) >= 11 is 0. The van der Waals surface area contributed by atoms with Gasteiger partial charge in [-0.3, -0.25) is 4.57 Å². The number of amidine groups is 1. The highest BCUT2D eigenvalue weighted by Gasteiger charge is 2.09. The van der Waals surface area contributed by atoms with Crippen LogP contribution < -0.4 is 5.73 Å². The lowest BCUT2D eigenvalue weighted by Crippen LogP contribution is -2.19. The minimum Gasteiger partial charge on any atom is -0.409 e. The van der Waals surface area contributed by atoms with Gasteiger partial charge in [0.25, 0.3) is 0 Å². The third-order valence-corrected chi connectivity index (χ3v) is 1.78. The van der Waals surface area contributed by atoms with Crippen molar-refractivity contribution >= 4 is 5.84 Å². The largest absolute Gasteiger partial charge is 0.409 e. The topological polar surface area (TPSA) is 102 Å². The van der Waals surface area contributed by atoms with E-state index in [4.69, 9.17) is 10.9 Å². The Balaban J connectivity index is 2.51. The Bertz CT molecular complexity index is 477. The number of nitrogens with zero attached hydrogens (tertiary/aromatic N) is 5. The molecule has 0 bridgehead atoms. The number of hydrogen-bond acceptors (Lipinski definition) is 5. The van der Waals surface area contributed by atoms with Gasteiger partial charge in [-0.1, -0.05) is 5.16 Å². The molecule has 0 unspecified atom stereocenters. The second-order valence-electron chi connectivity index (χ2n) is 2.69. The van der Waals surface area contributed by atoms with Crippen LogP contribution in [0.5, 0.6) is 0 Å². The first-order valence-electron chi connectivity index (χ1n) is 4.12. The number of imidazole rings is 1. The first-order chi connectivity index (χ1) is 7.33. The van der Waals surface area contributed by atoms with E-state index in [0.717, 1.165) is 0 Å². The molecule has 3 N–H and O–H groups in total. The van der Waals surface area contributed by atoms with Crippen molar-refractivity contribution in [2.24, 2.45) is 10.9 Å². The number of nitrogens with two attached hydrogens (primary N) is 1. The third kappa shape index (κ3) is 1.62. The Hall–Kier alpha value is -2.44. The Morgan fingerprint density at radius 2 is 2.33 bits per heavy atom. The van der Waals surface area contributed by atoms with Gasteiger partial charge in [0.2, 0.25) is 5.84 Å². The third-order valence-electron chi connectivity index (χ3n) is 1.78. The van der Waals surface area contributed by atoms with Crippen LogP contribution in [-0.4, -0.2) is 30.8 Å². The van der Waals surface area contributed by atoms with E-state index in [9.17, 15) is 0 Å². The van der Waals surface area contributed by atoms with Crippen LogP contribution in [0, 0.1) is 0 Å². The van der Waals surface area contributed by atoms with Crippen molar-refractivity contribution in [3.63, 3.8) is 0 Å². The smallest absolute Gasteiger partial charge is 0.206 e. The van der Waals surface area contributed by atoms with Gasteiger partial charge >= 0.3 is 0 Å². The van der Waals surface area contributed by atoms with Gasteiger partial charge in [-0.15, -0.1) is 5.10 Å². The Labute approximate surface area is 84.9 Å². The maximum atomic E-state index is 8.55. The van der Waals surface area contributed by atoms with Crippen molar-refractivity contribution in [2.45, 2.75) is 0 Å². The predicted octanol–water partition coefficient (Wildman–Crippen LogP) is -0.243. The Kier molecular flexibility index (Phi) is 2.28. The van der Waals surface area contributed by atoms with Gasteiger partial charge in [0.15, 0.2) is 11.6 Å². The molecule has 0 amide bonds. The average Bonchev–Trinajstić information content (AvgIpc) is 2.78. The van der Waals surface area contributed by atoms with Gasteiger partial charge < -0.3 is 10.9 Å². The molecule has 0 spiro atoms. The van der Waals surface area contributed by atoms with E-state index in [0.29, 0.717) is 11.6 Å². The van der Waals surface area contributed by atoms with Crippen molar-refractivity contribution < 1.29 is 5.21 Å². The van der Waals surface area contributed by atoms with E-state index < -0.39 is 0 Å². The molecule has 0 aromatic carbocycles. The Morgan fingerprint density at radius 1 is 1.47 bits per heavy atom. The molecular weight excluding hydrogens is 196 g/mol. The molecule has 0 saturated heterocycles. The summed E-state index contributed by atoms with van der Waals surface area (Å²) in [6.07, 6.45) is 4.74. The molecule has 2 aromatic rings. The number of oxime groups is 1. The summed E-state index contributed by atoms with van der Waals surface area (Å²) in [4.78, 5) is 3.94. The summed E-state index contributed by atoms with van der Waals surface area (Å²) in [5.74, 6) is 0.792. The van der Waals surface area contributed by atoms with Gasteiger partial charge in [-0.25, -0.2) is 4.98 Å². The maximum absolute atomic E-state index is 8.55. The molecule has 7 nitrogen and oxygen atoms in total. The molecule has 0 atom stereocenters. The number of rotatable bonds is 2. The second-order valence-corrected chi connectivity index (χ2v) is 2.69. The first kappa shape index (κ1) is 9.13. The van der Waals surface area contributed by atoms with Crippen molar-refractivity contribution in [3.05, 3.63) is 36.5 Å². The van der Waals surface area contributed by atoms with Crippen LogP contribution in [-0.2, 0) is 0 Å². The highest BCUT2D eigenvalue weighted by molar-refractivity contribution is 5.94. The molecule has 0 aliphatic heterocycles. The van der Waals surface area contributed by atoms with Crippen LogP contribution in [0.15, 0.2) is 35.9 Å². The summed E-state index contributed by atoms with van der Waals surface area (Å²) < 4.78 is 1.57. The second kappa shape index (κ2) is 3.74. The van der Waals surface area contributed by atoms with Crippen LogP contribution in [0.25, 0.3) is 5.82 Å². The monoisotopic (exact) mass is 204 g/mol. The molecule has 2 aromatic heterocycles. The van der Waals surface area contributed by atoms with E-state index in [-0.39, 0.29) is 5.84 Å². The summed E-state index contributed by atoms with van der Waals surface area (Å²) in [7, 11) is 0. The molecule has 15 heavy (non-hydrogen) atoms. The van der Waals surface area contributed by atoms with Crippen molar-refractivity contribution in [1.82, 2.24) is 19.7 Å². The molecule has 2 rings (SSSR count). The highest BCUT2D eigenvalue weighted by atomic mass is 16.4. The summed E-state index contributed by atoms with van der Waals surface area (Å²) in [5, 5.41) is 19.0. The highest BCUT2D eigenvalue weighted by Crippen LogP contribution is 2.05. The SMILES string of the molecule is NC(=NO)c1nccn1-c1cccnn1. The fraction of sp³-hybridized carbons (Fsp3) is 0. The molecule has 76 valence electrons. The molecule has 0 fully saturated rings. The van der Waals surface area contributed by atoms with E-state index in [2.05, 4.69) is 20.3 Å². The van der Waals surface area contributed by atoms with Crippen LogP contribution in [0.1, 0.15) is 5.82 Å². The fourth-order valence-electron chi connectivity index (χ4n) is 1.14. The predicted molar refractivity (Wildman–Crippen MR) is 51.7 cm³/mol. The lowest BCUT2D eigenvalue weighted by atomic mass is 10.5. The molecule has 2 heterocycles. The van der Waals surface area contributed by atoms with Crippen LogP contribution in [0.2, 0.25) is 0 Å². The zero-order chi connectivity index (χ0) is 10.7. The molecule has 0 saturated carbocycles. The lowest BCUT2D eigenvalue weighted by Gasteiger charge is -2.03. The molecular formula is C8H8N6O. The number of aromatic nitrogens is 4. The minimum absolute atomic E-state index is 0.0781. The molecule has 7 heteroatoms. The molecule has 0 aliphatic rings. The summed E-state index contributed by atoms with van der Waals surface area (Å²) in [5.41, 5.74) is 5.45. The summed E-state index contributed by atoms with van der Waals surface area (Å²) in [6, 6.07) is 3.47. The summed E-state index contributed by atoms with van der Waals surface area (Å²) in [6.45, 7) is 0. The van der Waals surface area contributed by atoms with E-state index in [1.54, 1.807) is 29.1 Å². The van der Waals surface area contributed by atoms with Crippen LogP contribution >= 0.6 is 0 Å². The van der Waals surface area contributed by atoms with E-state index in [1.165, 1.54) is 6.20 Å². The lowest BCUT2D eigenvalue weighted by molar-refractivity contribution is 0.318. The van der Waals surface area contributed by atoms with E-state index >= 15 is 0 Å². The minimum atomic E-state index is -0.0781. The van der Waals surface area contributed by atoms with Gasteiger partial charge in [-0.05, 0) is 12.1 Å². The normalized spacial score (nSPS) is 11.6. The fourth-order valence-corrected chi connectivity index (χ4v) is 1.14. The zero-order valence-electron chi connectivity index (χ0n) is 7.65. The van der Waals surface area contributed by atoms with Crippen molar-refractivity contribution in [3.8, 4) is 5.82 Å². The van der Waals surface area contributed by atoms with Gasteiger partial charge in [0, 0.05) is 18.6 Å². The van der Waals surface area contributed by atoms with Crippen LogP contribution in [0.4, 0.5) is 0 Å². The standard InChI is InChI=1S/C8H8N6O/c9-7(13-15)8-10-4-5-14(8)6-2-1-3-11-12-6/h1-5,15H,(H2,9,13). The van der Waals surface area contributed by atoms with Crippen molar-refractivity contribution in [2.75, 3.05) is 0 Å². The molecule has 0 aliphatic carbocycles. The van der Waals surface area contributed by atoms with Gasteiger partial charge in [0.1, 0.15) is 0 Å². The average molecular weight is 204 g/mol. The quantitative estimate of drug-likeness (QED) is 0.304. The van der Waals surface area contributed by atoms with Crippen LogP contribution in [0.3, 0.4) is 0 Å². The first-order valence-corrected chi connectivity index (χ1v) is 4.12. The zero-order valence-corrected chi connectivity index (χ0v) is 7.65. The van der Waals surface area contributed by atoms with Gasteiger partial charge in [-0.2, -0.15) is 5.10 Å².